The number of phosphoric acid groups is 1. The molecular weight excluding hydrogens is 1040 g/mol. The molecule has 2 atom stereocenters. The first-order chi connectivity index (χ1) is 40.0. The number of unbranched alkanes of at least 4 members (excludes halogenated alkanes) is 14. The van der Waals surface area contributed by atoms with Crippen LogP contribution >= 0.6 is 7.82 Å². The maximum Gasteiger partial charge on any atom is 0.306 e. The molecule has 0 N–H and O–H groups in total. The van der Waals surface area contributed by atoms with Crippen LogP contribution in [-0.4, -0.2) is 70.0 Å². The maximum absolute atomic E-state index is 12.8. The van der Waals surface area contributed by atoms with E-state index in [0.29, 0.717) is 23.9 Å². The van der Waals surface area contributed by atoms with Gasteiger partial charge in [0.1, 0.15) is 19.8 Å². The van der Waals surface area contributed by atoms with Crippen molar-refractivity contribution in [3.05, 3.63) is 170 Å². The topological polar surface area (TPSA) is 111 Å². The molecule has 0 aliphatic rings. The lowest BCUT2D eigenvalue weighted by Gasteiger charge is -2.28. The molecule has 0 aromatic rings. The maximum atomic E-state index is 12.8. The number of hydrogen-bond donors (Lipinski definition) is 0. The number of rotatable bonds is 56. The Hall–Kier alpha value is -4.63. The quantitative estimate of drug-likeness (QED) is 0.0195. The van der Waals surface area contributed by atoms with Crippen molar-refractivity contribution in [2.45, 2.75) is 225 Å². The first kappa shape index (κ1) is 77.4. The number of quaternary nitrogens is 1. The predicted octanol–water partition coefficient (Wildman–Crippen LogP) is 20.0. The van der Waals surface area contributed by atoms with Crippen LogP contribution in [0.3, 0.4) is 0 Å². The summed E-state index contributed by atoms with van der Waals surface area (Å²) in [6.07, 6.45) is 92.7. The third-order valence-corrected chi connectivity index (χ3v) is 13.7. The third-order valence-electron chi connectivity index (χ3n) is 12.7. The fourth-order valence-corrected chi connectivity index (χ4v) is 8.64. The molecule has 10 heteroatoms. The van der Waals surface area contributed by atoms with E-state index in [0.717, 1.165) is 122 Å². The fraction of sp³-hybridized carbons (Fsp3) is 0.583. The summed E-state index contributed by atoms with van der Waals surface area (Å²) in [7, 11) is 1.11. The van der Waals surface area contributed by atoms with E-state index in [1.54, 1.807) is 0 Å². The fourth-order valence-electron chi connectivity index (χ4n) is 7.91. The highest BCUT2D eigenvalue weighted by atomic mass is 31.2. The Labute approximate surface area is 502 Å². The lowest BCUT2D eigenvalue weighted by atomic mass is 10.0. The van der Waals surface area contributed by atoms with E-state index in [1.807, 2.05) is 21.1 Å². The van der Waals surface area contributed by atoms with Crippen molar-refractivity contribution in [3.63, 3.8) is 0 Å². The molecule has 0 aromatic heterocycles. The Morgan fingerprint density at radius 2 is 0.659 bits per heavy atom. The molecule has 0 amide bonds. The summed E-state index contributed by atoms with van der Waals surface area (Å²) in [5.74, 6) is -0.899. The zero-order valence-corrected chi connectivity index (χ0v) is 53.3. The molecule has 0 bridgehead atoms. The highest BCUT2D eigenvalue weighted by molar-refractivity contribution is 7.45. The van der Waals surface area contributed by atoms with Gasteiger partial charge in [0.15, 0.2) is 6.10 Å². The average molecular weight is 1150 g/mol. The van der Waals surface area contributed by atoms with Crippen LogP contribution in [0, 0.1) is 0 Å². The number of carbonyl (C=O) groups is 2. The molecule has 0 aromatic carbocycles. The van der Waals surface area contributed by atoms with Crippen molar-refractivity contribution < 1.29 is 42.1 Å². The predicted molar refractivity (Wildman–Crippen MR) is 350 cm³/mol. The van der Waals surface area contributed by atoms with Crippen LogP contribution in [0.25, 0.3) is 0 Å². The molecule has 462 valence electrons. The number of esters is 2. The van der Waals surface area contributed by atoms with Crippen molar-refractivity contribution in [3.8, 4) is 0 Å². The van der Waals surface area contributed by atoms with E-state index in [2.05, 4.69) is 184 Å². The molecule has 0 saturated heterocycles. The second-order valence-corrected chi connectivity index (χ2v) is 23.1. The molecule has 0 rings (SSSR count). The first-order valence-corrected chi connectivity index (χ1v) is 33.3. The lowest BCUT2D eigenvalue weighted by molar-refractivity contribution is -0.870. The van der Waals surface area contributed by atoms with Crippen LogP contribution in [0.15, 0.2) is 170 Å². The lowest BCUT2D eigenvalue weighted by Crippen LogP contribution is -2.37. The van der Waals surface area contributed by atoms with Crippen LogP contribution in [0.4, 0.5) is 0 Å². The van der Waals surface area contributed by atoms with Crippen molar-refractivity contribution in [1.29, 1.82) is 0 Å². The van der Waals surface area contributed by atoms with Crippen LogP contribution in [-0.2, 0) is 32.7 Å². The monoisotopic (exact) mass is 1150 g/mol. The largest absolute Gasteiger partial charge is 0.756 e. The standard InChI is InChI=1S/C72H116NO8P/c1-6-8-10-12-14-16-18-20-22-24-26-28-30-32-34-35-36-37-39-40-42-44-46-48-50-52-54-56-58-60-62-64-71(74)78-68-70(69-80-82(76,77)79-67-66-73(3,4)5)81-72(75)65-63-61-59-57-55-53-51-49-47-45-43-41-38-33-31-29-27-25-23-21-19-17-15-13-11-9-7-2/h8-11,14-17,20-23,26-29,32-34,36-38,43,45,49,51,55,57,70H,6-7,12-13,18-19,24-25,30-31,35,39-42,44,46-48,50,52-54,56,58-69H2,1-5H3/b10-8-,11-9-,16-14-,17-15-,22-20-,23-21-,28-26-,29-27-,34-32-,37-36-,38-33-,45-43-,51-49-,57-55-. The summed E-state index contributed by atoms with van der Waals surface area (Å²) in [6.45, 7) is 3.94. The van der Waals surface area contributed by atoms with Gasteiger partial charge in [-0.2, -0.15) is 0 Å². The molecule has 82 heavy (non-hydrogen) atoms. The zero-order valence-electron chi connectivity index (χ0n) is 52.4. The highest BCUT2D eigenvalue weighted by Gasteiger charge is 2.21. The molecular formula is C72H116NO8P. The van der Waals surface area contributed by atoms with Crippen molar-refractivity contribution >= 4 is 19.8 Å². The van der Waals surface area contributed by atoms with Crippen LogP contribution < -0.4 is 4.89 Å². The van der Waals surface area contributed by atoms with E-state index in [4.69, 9.17) is 18.5 Å². The van der Waals surface area contributed by atoms with E-state index in [-0.39, 0.29) is 26.1 Å². The number of allylic oxidation sites excluding steroid dienone is 28. The van der Waals surface area contributed by atoms with Gasteiger partial charge in [0.05, 0.1) is 27.7 Å². The first-order valence-electron chi connectivity index (χ1n) is 31.8. The smallest absolute Gasteiger partial charge is 0.306 e. The minimum Gasteiger partial charge on any atom is -0.756 e. The Balaban J connectivity index is 4.24. The van der Waals surface area contributed by atoms with Gasteiger partial charge in [-0.3, -0.25) is 14.2 Å². The van der Waals surface area contributed by atoms with Gasteiger partial charge in [-0.05, 0) is 128 Å². The van der Waals surface area contributed by atoms with Crippen LogP contribution in [0.5, 0.6) is 0 Å². The van der Waals surface area contributed by atoms with E-state index < -0.39 is 32.5 Å². The van der Waals surface area contributed by atoms with Gasteiger partial charge >= 0.3 is 11.9 Å². The van der Waals surface area contributed by atoms with Gasteiger partial charge in [0.2, 0.25) is 0 Å². The van der Waals surface area contributed by atoms with Gasteiger partial charge in [-0.1, -0.05) is 248 Å². The Bertz CT molecular complexity index is 1990. The van der Waals surface area contributed by atoms with Crippen molar-refractivity contribution in [2.24, 2.45) is 0 Å². The Morgan fingerprint density at radius 1 is 0.378 bits per heavy atom. The summed E-state index contributed by atoms with van der Waals surface area (Å²) >= 11 is 0. The number of ether oxygens (including phenoxy) is 2. The van der Waals surface area contributed by atoms with Gasteiger partial charge in [0, 0.05) is 12.8 Å². The van der Waals surface area contributed by atoms with E-state index in [1.165, 1.54) is 57.8 Å². The summed E-state index contributed by atoms with van der Waals surface area (Å²) in [6, 6.07) is 0. The van der Waals surface area contributed by atoms with Gasteiger partial charge in [0.25, 0.3) is 7.82 Å². The molecule has 0 aliphatic heterocycles. The summed E-state index contributed by atoms with van der Waals surface area (Å²) in [5.41, 5.74) is 0. The number of carbonyl (C=O) groups excluding carboxylic acids is 2. The molecule has 0 saturated carbocycles. The van der Waals surface area contributed by atoms with E-state index >= 15 is 0 Å². The average Bonchev–Trinajstić information content (AvgIpc) is 3.46. The molecule has 0 fully saturated rings. The minimum atomic E-state index is -4.67. The second kappa shape index (κ2) is 60.9. The number of phosphoric ester groups is 1. The molecule has 0 heterocycles. The van der Waals surface area contributed by atoms with Gasteiger partial charge in [-0.25, -0.2) is 0 Å². The number of hydrogen-bond acceptors (Lipinski definition) is 8. The summed E-state index contributed by atoms with van der Waals surface area (Å²) < 4.78 is 34.2. The third kappa shape index (κ3) is 64.5. The zero-order chi connectivity index (χ0) is 59.8. The highest BCUT2D eigenvalue weighted by Crippen LogP contribution is 2.38. The molecule has 9 nitrogen and oxygen atoms in total. The Morgan fingerprint density at radius 3 is 1.00 bits per heavy atom. The SMILES string of the molecule is CC/C=C\C/C=C\C/C=C\C/C=C\C/C=C\C/C=C\C/C=C\C/C=C\CCCCC(=O)OC(COC(=O)CCCCCCCCCCCCCC/C=C\C/C=C\C/C=C\C/C=C\C/C=C\C/C=C\CC)COP(=O)([O-])OCC[N+](C)(C)C. The van der Waals surface area contributed by atoms with Crippen molar-refractivity contribution in [2.75, 3.05) is 47.5 Å². The second-order valence-electron chi connectivity index (χ2n) is 21.7. The molecule has 0 radical (unpaired) electrons. The molecule has 0 spiro atoms. The minimum absolute atomic E-state index is 0.0495. The van der Waals surface area contributed by atoms with Crippen LogP contribution in [0.1, 0.15) is 219 Å². The number of nitrogens with zero attached hydrogens (tertiary/aromatic N) is 1. The molecule has 0 aliphatic carbocycles. The normalized spacial score (nSPS) is 14.4. The van der Waals surface area contributed by atoms with E-state index in [9.17, 15) is 19.0 Å². The summed E-state index contributed by atoms with van der Waals surface area (Å²) in [4.78, 5) is 38.0. The summed E-state index contributed by atoms with van der Waals surface area (Å²) in [5, 5.41) is 0. The molecule has 2 unspecified atom stereocenters. The Kier molecular flexibility index (Phi) is 57.5. The van der Waals surface area contributed by atoms with Crippen molar-refractivity contribution in [1.82, 2.24) is 0 Å². The van der Waals surface area contributed by atoms with Gasteiger partial charge in [-0.15, -0.1) is 0 Å². The van der Waals surface area contributed by atoms with Crippen LogP contribution in [0.2, 0.25) is 0 Å². The number of likely N-dealkylation sites (N-methyl/N-ethyl adjacent to an activating group) is 1. The van der Waals surface area contributed by atoms with Gasteiger partial charge < -0.3 is 27.9 Å².